The maximum absolute atomic E-state index is 4.49. The van der Waals surface area contributed by atoms with Crippen LogP contribution in [0.15, 0.2) is 12.4 Å². The first-order valence-electron chi connectivity index (χ1n) is 6.54. The first-order valence-corrected chi connectivity index (χ1v) is 6.54. The van der Waals surface area contributed by atoms with Gasteiger partial charge >= 0.3 is 0 Å². The van der Waals surface area contributed by atoms with Gasteiger partial charge in [0, 0.05) is 17.8 Å². The van der Waals surface area contributed by atoms with Gasteiger partial charge in [-0.15, -0.1) is 0 Å². The van der Waals surface area contributed by atoms with Crippen molar-refractivity contribution in [1.29, 1.82) is 0 Å². The molecular formula is C13H25N3. The van der Waals surface area contributed by atoms with Gasteiger partial charge in [-0.25, -0.2) is 0 Å². The molecule has 3 nitrogen and oxygen atoms in total. The fraction of sp³-hybridized carbons (Fsp3) is 0.769. The summed E-state index contributed by atoms with van der Waals surface area (Å²) in [5.74, 6) is 0. The number of rotatable bonds is 7. The van der Waals surface area contributed by atoms with E-state index in [1.165, 1.54) is 5.56 Å². The van der Waals surface area contributed by atoms with E-state index in [0.29, 0.717) is 12.1 Å². The van der Waals surface area contributed by atoms with Crippen LogP contribution in [0, 0.1) is 0 Å². The van der Waals surface area contributed by atoms with Crippen molar-refractivity contribution in [2.45, 2.75) is 59.0 Å². The summed E-state index contributed by atoms with van der Waals surface area (Å²) in [5, 5.41) is 7.97. The van der Waals surface area contributed by atoms with Crippen LogP contribution in [0.3, 0.4) is 0 Å². The van der Waals surface area contributed by atoms with Crippen LogP contribution in [-0.4, -0.2) is 16.3 Å². The van der Waals surface area contributed by atoms with Gasteiger partial charge in [-0.05, 0) is 25.8 Å². The molecule has 1 rings (SSSR count). The minimum atomic E-state index is 0.452. The van der Waals surface area contributed by atoms with E-state index < -0.39 is 0 Å². The third kappa shape index (κ3) is 3.08. The van der Waals surface area contributed by atoms with E-state index >= 15 is 0 Å². The van der Waals surface area contributed by atoms with Gasteiger partial charge in [0.05, 0.1) is 12.2 Å². The van der Waals surface area contributed by atoms with E-state index in [9.17, 15) is 0 Å². The van der Waals surface area contributed by atoms with Crippen molar-refractivity contribution in [3.05, 3.63) is 18.0 Å². The highest BCUT2D eigenvalue weighted by atomic mass is 15.3. The molecule has 0 spiro atoms. The molecule has 1 atom stereocenters. The largest absolute Gasteiger partial charge is 0.310 e. The van der Waals surface area contributed by atoms with Gasteiger partial charge < -0.3 is 5.32 Å². The second kappa shape index (κ2) is 6.69. The molecule has 0 aromatic carbocycles. The molecule has 1 aromatic heterocycles. The van der Waals surface area contributed by atoms with Crippen molar-refractivity contribution in [3.8, 4) is 0 Å². The lowest BCUT2D eigenvalue weighted by Crippen LogP contribution is -2.19. The lowest BCUT2D eigenvalue weighted by molar-refractivity contribution is 0.427. The van der Waals surface area contributed by atoms with Crippen molar-refractivity contribution < 1.29 is 0 Å². The van der Waals surface area contributed by atoms with Gasteiger partial charge in [0.25, 0.3) is 0 Å². The van der Waals surface area contributed by atoms with E-state index in [0.717, 1.165) is 25.8 Å². The molecule has 0 saturated heterocycles. The first-order chi connectivity index (χ1) is 7.76. The summed E-state index contributed by atoms with van der Waals surface area (Å²) < 4.78 is 2.12. The molecule has 0 aliphatic rings. The molecule has 0 amide bonds. The van der Waals surface area contributed by atoms with E-state index in [1.807, 2.05) is 6.20 Å². The minimum absolute atomic E-state index is 0.452. The van der Waals surface area contributed by atoms with E-state index in [-0.39, 0.29) is 0 Å². The summed E-state index contributed by atoms with van der Waals surface area (Å²) in [5.41, 5.74) is 1.32. The van der Waals surface area contributed by atoms with Crippen LogP contribution in [0.25, 0.3) is 0 Å². The average Bonchev–Trinajstić information content (AvgIpc) is 2.77. The van der Waals surface area contributed by atoms with Gasteiger partial charge in [-0.2, -0.15) is 5.10 Å². The lowest BCUT2D eigenvalue weighted by atomic mass is 10.1. The van der Waals surface area contributed by atoms with Crippen LogP contribution in [-0.2, 0) is 0 Å². The second-order valence-corrected chi connectivity index (χ2v) is 4.24. The van der Waals surface area contributed by atoms with Crippen LogP contribution < -0.4 is 5.32 Å². The van der Waals surface area contributed by atoms with Crippen molar-refractivity contribution in [3.63, 3.8) is 0 Å². The van der Waals surface area contributed by atoms with Gasteiger partial charge in [0.15, 0.2) is 0 Å². The van der Waals surface area contributed by atoms with Gasteiger partial charge in [-0.1, -0.05) is 27.7 Å². The Morgan fingerprint density at radius 2 is 1.88 bits per heavy atom. The van der Waals surface area contributed by atoms with Crippen molar-refractivity contribution >= 4 is 0 Å². The van der Waals surface area contributed by atoms with Crippen molar-refractivity contribution in [1.82, 2.24) is 15.1 Å². The monoisotopic (exact) mass is 223 g/mol. The topological polar surface area (TPSA) is 29.9 Å². The third-order valence-electron chi connectivity index (χ3n) is 3.20. The summed E-state index contributed by atoms with van der Waals surface area (Å²) in [7, 11) is 0. The fourth-order valence-electron chi connectivity index (χ4n) is 2.14. The predicted octanol–water partition coefficient (Wildman–Crippen LogP) is 3.30. The van der Waals surface area contributed by atoms with Gasteiger partial charge in [0.1, 0.15) is 0 Å². The standard InChI is InChI=1S/C13H25N3/c1-5-12(6-2)16-10-11(9-15-16)13(7-3)14-8-4/h9-10,12-14H,5-8H2,1-4H3. The molecule has 16 heavy (non-hydrogen) atoms. The van der Waals surface area contributed by atoms with E-state index in [2.05, 4.69) is 49.0 Å². The molecule has 0 aliphatic heterocycles. The van der Waals surface area contributed by atoms with Gasteiger partial charge in [0.2, 0.25) is 0 Å². The molecule has 0 fully saturated rings. The zero-order chi connectivity index (χ0) is 12.0. The summed E-state index contributed by atoms with van der Waals surface area (Å²) in [6.07, 6.45) is 7.62. The molecule has 0 saturated carbocycles. The Hall–Kier alpha value is -0.830. The first kappa shape index (κ1) is 13.2. The molecule has 0 aliphatic carbocycles. The molecule has 3 heteroatoms. The van der Waals surface area contributed by atoms with Crippen LogP contribution in [0.2, 0.25) is 0 Å². The molecule has 1 unspecified atom stereocenters. The Balaban J connectivity index is 2.75. The Kier molecular flexibility index (Phi) is 5.53. The normalized spacial score (nSPS) is 13.3. The van der Waals surface area contributed by atoms with E-state index in [4.69, 9.17) is 0 Å². The predicted molar refractivity (Wildman–Crippen MR) is 68.6 cm³/mol. The zero-order valence-electron chi connectivity index (χ0n) is 11.0. The summed E-state index contributed by atoms with van der Waals surface area (Å²) in [6.45, 7) is 9.80. The minimum Gasteiger partial charge on any atom is -0.310 e. The fourth-order valence-corrected chi connectivity index (χ4v) is 2.14. The summed E-state index contributed by atoms with van der Waals surface area (Å²) >= 11 is 0. The average molecular weight is 223 g/mol. The smallest absolute Gasteiger partial charge is 0.0537 e. The summed E-state index contributed by atoms with van der Waals surface area (Å²) in [4.78, 5) is 0. The molecule has 1 heterocycles. The van der Waals surface area contributed by atoms with Gasteiger partial charge in [-0.3, -0.25) is 4.68 Å². The molecule has 0 bridgehead atoms. The number of aromatic nitrogens is 2. The van der Waals surface area contributed by atoms with Crippen molar-refractivity contribution in [2.24, 2.45) is 0 Å². The maximum atomic E-state index is 4.49. The number of hydrogen-bond donors (Lipinski definition) is 1. The molecule has 1 N–H and O–H groups in total. The van der Waals surface area contributed by atoms with Crippen LogP contribution >= 0.6 is 0 Å². The second-order valence-electron chi connectivity index (χ2n) is 4.24. The molecular weight excluding hydrogens is 198 g/mol. The Labute approximate surface area is 99.2 Å². The van der Waals surface area contributed by atoms with Crippen molar-refractivity contribution in [2.75, 3.05) is 6.54 Å². The lowest BCUT2D eigenvalue weighted by Gasteiger charge is -2.15. The van der Waals surface area contributed by atoms with Crippen LogP contribution in [0.5, 0.6) is 0 Å². The zero-order valence-corrected chi connectivity index (χ0v) is 11.0. The van der Waals surface area contributed by atoms with Crippen LogP contribution in [0.1, 0.15) is 64.6 Å². The highest BCUT2D eigenvalue weighted by molar-refractivity contribution is 5.10. The highest BCUT2D eigenvalue weighted by Gasteiger charge is 2.12. The highest BCUT2D eigenvalue weighted by Crippen LogP contribution is 2.20. The van der Waals surface area contributed by atoms with E-state index in [1.54, 1.807) is 0 Å². The summed E-state index contributed by atoms with van der Waals surface area (Å²) in [6, 6.07) is 1.00. The SMILES string of the molecule is CCNC(CC)c1cnn(C(CC)CC)c1. The molecule has 0 radical (unpaired) electrons. The third-order valence-corrected chi connectivity index (χ3v) is 3.20. The quantitative estimate of drug-likeness (QED) is 0.768. The Morgan fingerprint density at radius 1 is 1.19 bits per heavy atom. The molecule has 92 valence electrons. The Bertz CT molecular complexity index is 289. The number of nitrogens with zero attached hydrogens (tertiary/aromatic N) is 2. The number of nitrogens with one attached hydrogen (secondary N) is 1. The number of hydrogen-bond acceptors (Lipinski definition) is 2. The van der Waals surface area contributed by atoms with Crippen LogP contribution in [0.4, 0.5) is 0 Å². The maximum Gasteiger partial charge on any atom is 0.0537 e. The Morgan fingerprint density at radius 3 is 2.38 bits per heavy atom. The molecule has 1 aromatic rings.